The molecular weight excluding hydrogens is 339 g/mol. The van der Waals surface area contributed by atoms with Crippen LogP contribution >= 0.6 is 7.92 Å². The van der Waals surface area contributed by atoms with Crippen molar-refractivity contribution in [3.63, 3.8) is 0 Å². The van der Waals surface area contributed by atoms with E-state index >= 15 is 0 Å². The second-order valence-corrected chi connectivity index (χ2v) is 8.42. The van der Waals surface area contributed by atoms with E-state index in [2.05, 4.69) is 80.9 Å². The van der Waals surface area contributed by atoms with Crippen molar-refractivity contribution in [3.05, 3.63) is 74.5 Å². The van der Waals surface area contributed by atoms with Gasteiger partial charge < -0.3 is 13.8 Å². The van der Waals surface area contributed by atoms with Gasteiger partial charge in [-0.1, -0.05) is 101 Å². The molecule has 1 aliphatic rings. The molecule has 23 heavy (non-hydrogen) atoms. The molecule has 2 aromatic carbocycles. The maximum atomic E-state index is 2.62. The van der Waals surface area contributed by atoms with E-state index in [0.29, 0.717) is 0 Å². The molecule has 0 N–H and O–H groups in total. The van der Waals surface area contributed by atoms with Gasteiger partial charge in [0.2, 0.25) is 0 Å². The van der Waals surface area contributed by atoms with Gasteiger partial charge in [-0.25, -0.2) is 0 Å². The van der Waals surface area contributed by atoms with E-state index in [4.69, 9.17) is 0 Å². The monoisotopic (exact) mass is 366 g/mol. The molecule has 3 rings (SSSR count). The van der Waals surface area contributed by atoms with Crippen LogP contribution in [0.2, 0.25) is 0 Å². The third-order valence-corrected chi connectivity index (χ3v) is 7.66. The maximum Gasteiger partial charge on any atom is 2.00 e. The van der Waals surface area contributed by atoms with E-state index < -0.39 is 0 Å². The molecular formula is C21H27FeP. The van der Waals surface area contributed by atoms with Crippen molar-refractivity contribution < 1.29 is 17.1 Å². The summed E-state index contributed by atoms with van der Waals surface area (Å²) in [5, 5.41) is 3.04. The van der Waals surface area contributed by atoms with E-state index in [9.17, 15) is 0 Å². The zero-order valence-electron chi connectivity index (χ0n) is 14.3. The molecule has 3 unspecified atom stereocenters. The van der Waals surface area contributed by atoms with Gasteiger partial charge in [0.05, 0.1) is 0 Å². The van der Waals surface area contributed by atoms with Crippen LogP contribution in [0, 0.1) is 25.7 Å². The molecule has 0 spiro atoms. The van der Waals surface area contributed by atoms with E-state index in [1.54, 1.807) is 0 Å². The Kier molecular flexibility index (Phi) is 8.55. The summed E-state index contributed by atoms with van der Waals surface area (Å²) in [4.78, 5) is 0. The van der Waals surface area contributed by atoms with E-state index in [0.717, 1.165) is 17.5 Å². The Morgan fingerprint density at radius 2 is 1.43 bits per heavy atom. The fraction of sp³-hybridized carbons (Fsp3) is 0.333. The minimum atomic E-state index is -0.279. The third-order valence-electron chi connectivity index (χ3n) is 4.76. The standard InChI is InChI=1S/C20H24P.CH3.Fe/c1-3-19-16(2)14-15-20(19)21(17-10-6-4-7-11-17)18-12-8-5-9-13-18;;/h4-13,15-16,19-20H,3,14H2,1-2H3;1H3;/q2*-1;+2. The van der Waals surface area contributed by atoms with Crippen molar-refractivity contribution in [2.75, 3.05) is 0 Å². The Balaban J connectivity index is 0.00000132. The first-order valence-corrected chi connectivity index (χ1v) is 9.45. The van der Waals surface area contributed by atoms with Gasteiger partial charge in [0.15, 0.2) is 0 Å². The van der Waals surface area contributed by atoms with Crippen LogP contribution in [0.1, 0.15) is 26.7 Å². The zero-order chi connectivity index (χ0) is 14.7. The van der Waals surface area contributed by atoms with E-state index in [1.807, 2.05) is 0 Å². The van der Waals surface area contributed by atoms with Gasteiger partial charge in [0, 0.05) is 0 Å². The predicted octanol–water partition coefficient (Wildman–Crippen LogP) is 5.21. The summed E-state index contributed by atoms with van der Waals surface area (Å²) in [5.41, 5.74) is 0.727. The summed E-state index contributed by atoms with van der Waals surface area (Å²) in [6, 6.07) is 22.3. The maximum absolute atomic E-state index is 2.62. The average molecular weight is 366 g/mol. The van der Waals surface area contributed by atoms with Crippen LogP contribution in [0.25, 0.3) is 0 Å². The molecule has 0 aliphatic heterocycles. The summed E-state index contributed by atoms with van der Waals surface area (Å²) in [6.45, 7) is 4.78. The zero-order valence-corrected chi connectivity index (χ0v) is 16.3. The second kappa shape index (κ2) is 9.63. The van der Waals surface area contributed by atoms with Crippen LogP contribution in [0.3, 0.4) is 0 Å². The summed E-state index contributed by atoms with van der Waals surface area (Å²) < 4.78 is 0. The molecule has 2 aromatic rings. The Morgan fingerprint density at radius 1 is 0.957 bits per heavy atom. The molecule has 1 fully saturated rings. The average Bonchev–Trinajstić information content (AvgIpc) is 2.90. The Hall–Kier alpha value is -0.611. The summed E-state index contributed by atoms with van der Waals surface area (Å²) >= 11 is 0. The SMILES string of the molecule is CCC1C(C)C[CH-]C1P(c1ccccc1)c1ccccc1.[CH3-].[Fe+2]. The van der Waals surface area contributed by atoms with Crippen molar-refractivity contribution in [3.8, 4) is 0 Å². The molecule has 0 aromatic heterocycles. The number of benzene rings is 2. The molecule has 0 nitrogen and oxygen atoms in total. The first-order chi connectivity index (χ1) is 10.3. The van der Waals surface area contributed by atoms with Crippen molar-refractivity contribution in [2.24, 2.45) is 11.8 Å². The van der Waals surface area contributed by atoms with Crippen molar-refractivity contribution >= 4 is 18.5 Å². The van der Waals surface area contributed by atoms with Crippen molar-refractivity contribution in [1.82, 2.24) is 0 Å². The fourth-order valence-electron chi connectivity index (χ4n) is 3.65. The minimum Gasteiger partial charge on any atom is -0.358 e. The van der Waals surface area contributed by atoms with Gasteiger partial charge in [-0.3, -0.25) is 0 Å². The van der Waals surface area contributed by atoms with Crippen LogP contribution in [0.5, 0.6) is 0 Å². The van der Waals surface area contributed by atoms with Crippen molar-refractivity contribution in [1.29, 1.82) is 0 Å². The largest absolute Gasteiger partial charge is 2.00 e. The van der Waals surface area contributed by atoms with Gasteiger partial charge >= 0.3 is 17.1 Å². The second-order valence-electron chi connectivity index (χ2n) is 6.05. The van der Waals surface area contributed by atoms with Gasteiger partial charge in [-0.15, -0.1) is 5.66 Å². The van der Waals surface area contributed by atoms with Gasteiger partial charge in [0.25, 0.3) is 0 Å². The fourth-order valence-corrected chi connectivity index (χ4v) is 6.85. The smallest absolute Gasteiger partial charge is 0.358 e. The van der Waals surface area contributed by atoms with E-state index in [1.165, 1.54) is 23.5 Å². The van der Waals surface area contributed by atoms with Crippen LogP contribution < -0.4 is 10.6 Å². The summed E-state index contributed by atoms with van der Waals surface area (Å²) in [5.74, 6) is 1.66. The van der Waals surface area contributed by atoms with Crippen LogP contribution in [0.4, 0.5) is 0 Å². The Bertz CT molecular complexity index is 515. The third kappa shape index (κ3) is 4.48. The first kappa shape index (κ1) is 20.4. The first-order valence-electron chi connectivity index (χ1n) is 8.04. The molecule has 0 amide bonds. The number of hydrogen-bond acceptors (Lipinski definition) is 0. The van der Waals surface area contributed by atoms with Crippen LogP contribution in [-0.4, -0.2) is 5.66 Å². The predicted molar refractivity (Wildman–Crippen MR) is 101 cm³/mol. The number of hydrogen-bond donors (Lipinski definition) is 0. The molecule has 124 valence electrons. The quantitative estimate of drug-likeness (QED) is 0.396. The van der Waals surface area contributed by atoms with Gasteiger partial charge in [-0.05, 0) is 10.6 Å². The number of rotatable bonds is 4. The molecule has 0 bridgehead atoms. The normalized spacial score (nSPS) is 23.2. The van der Waals surface area contributed by atoms with Crippen LogP contribution in [-0.2, 0) is 17.1 Å². The summed E-state index contributed by atoms with van der Waals surface area (Å²) in [7, 11) is -0.279. The molecule has 3 atom stereocenters. The molecule has 1 aliphatic carbocycles. The van der Waals surface area contributed by atoms with Gasteiger partial charge in [-0.2, -0.15) is 6.42 Å². The topological polar surface area (TPSA) is 0 Å². The molecule has 0 radical (unpaired) electrons. The van der Waals surface area contributed by atoms with E-state index in [-0.39, 0.29) is 32.4 Å². The molecule has 1 saturated carbocycles. The molecule has 0 heterocycles. The van der Waals surface area contributed by atoms with Crippen molar-refractivity contribution in [2.45, 2.75) is 32.3 Å². The minimum absolute atomic E-state index is 0. The Labute approximate surface area is 154 Å². The summed E-state index contributed by atoms with van der Waals surface area (Å²) in [6.07, 6.45) is 5.19. The Morgan fingerprint density at radius 3 is 1.87 bits per heavy atom. The van der Waals surface area contributed by atoms with Gasteiger partial charge in [0.1, 0.15) is 0 Å². The van der Waals surface area contributed by atoms with Crippen LogP contribution in [0.15, 0.2) is 60.7 Å². The molecule has 2 heteroatoms. The molecule has 0 saturated heterocycles.